The van der Waals surface area contributed by atoms with Crippen molar-refractivity contribution < 1.29 is 13.9 Å². The van der Waals surface area contributed by atoms with Gasteiger partial charge < -0.3 is 23.8 Å². The zero-order chi connectivity index (χ0) is 27.6. The van der Waals surface area contributed by atoms with Gasteiger partial charge in [0, 0.05) is 54.8 Å². The van der Waals surface area contributed by atoms with Crippen molar-refractivity contribution >= 4 is 10.9 Å². The van der Waals surface area contributed by atoms with E-state index in [1.807, 2.05) is 13.0 Å². The first-order valence-corrected chi connectivity index (χ1v) is 14.8. The summed E-state index contributed by atoms with van der Waals surface area (Å²) >= 11 is 0. The van der Waals surface area contributed by atoms with Gasteiger partial charge in [-0.1, -0.05) is 13.0 Å². The molecule has 2 aromatic carbocycles. The largest absolute Gasteiger partial charge is 0.493 e. The molecule has 0 saturated carbocycles. The molecule has 4 aromatic rings. The number of nitrogens with one attached hydrogen (secondary N) is 1. The first-order valence-electron chi connectivity index (χ1n) is 14.8. The van der Waals surface area contributed by atoms with Gasteiger partial charge in [-0.05, 0) is 92.6 Å². The molecule has 2 aliphatic rings. The number of oxazole rings is 1. The van der Waals surface area contributed by atoms with Crippen LogP contribution in [0.1, 0.15) is 61.2 Å². The summed E-state index contributed by atoms with van der Waals surface area (Å²) in [6.45, 7) is 9.74. The Kier molecular flexibility index (Phi) is 7.85. The molecule has 0 spiro atoms. The zero-order valence-electron chi connectivity index (χ0n) is 24.3. The lowest BCUT2D eigenvalue weighted by Gasteiger charge is -2.41. The van der Waals surface area contributed by atoms with Crippen LogP contribution in [0.3, 0.4) is 0 Å². The van der Waals surface area contributed by atoms with E-state index in [-0.39, 0.29) is 0 Å². The molecule has 1 N–H and O–H groups in total. The van der Waals surface area contributed by atoms with Crippen molar-refractivity contribution in [2.24, 2.45) is 0 Å². The highest BCUT2D eigenvalue weighted by atomic mass is 16.5. The van der Waals surface area contributed by atoms with Crippen LogP contribution in [-0.4, -0.2) is 66.2 Å². The Balaban J connectivity index is 1.11. The molecular formula is C33H42N4O3. The standard InChI is InChI=1S/C33H42N4O3/c1-5-28-29-18-24(6-8-30(29)35-33(28)25-7-9-31(38-3)32(19-25)39-4)23-10-16-37(17-11-23)27-12-14-36(15-13-27)20-26-21-40-22(2)34-26/h6-9,18-19,21,23,27,35H,5,10-17,20H2,1-4H3. The minimum atomic E-state index is 0.625. The summed E-state index contributed by atoms with van der Waals surface area (Å²) in [5, 5.41) is 1.35. The highest BCUT2D eigenvalue weighted by molar-refractivity contribution is 5.91. The van der Waals surface area contributed by atoms with Crippen molar-refractivity contribution in [3.05, 3.63) is 65.4 Å². The molecule has 2 aromatic heterocycles. The Morgan fingerprint density at radius 2 is 1.73 bits per heavy atom. The minimum absolute atomic E-state index is 0.625. The maximum atomic E-state index is 5.58. The van der Waals surface area contributed by atoms with Gasteiger partial charge in [0.2, 0.25) is 0 Å². The first kappa shape index (κ1) is 26.9. The molecule has 0 atom stereocenters. The maximum absolute atomic E-state index is 5.58. The first-order chi connectivity index (χ1) is 19.6. The van der Waals surface area contributed by atoms with Gasteiger partial charge in [0.05, 0.1) is 19.9 Å². The number of aromatic amines is 1. The quantitative estimate of drug-likeness (QED) is 0.272. The molecule has 0 bridgehead atoms. The molecule has 6 rings (SSSR count). The molecule has 0 radical (unpaired) electrons. The summed E-state index contributed by atoms with van der Waals surface area (Å²) in [4.78, 5) is 13.5. The molecule has 2 saturated heterocycles. The average Bonchev–Trinajstić information content (AvgIpc) is 3.59. The van der Waals surface area contributed by atoms with Crippen LogP contribution in [0, 0.1) is 6.92 Å². The van der Waals surface area contributed by atoms with Crippen LogP contribution in [0.2, 0.25) is 0 Å². The van der Waals surface area contributed by atoms with Crippen LogP contribution in [0.25, 0.3) is 22.2 Å². The second kappa shape index (κ2) is 11.7. The van der Waals surface area contributed by atoms with Gasteiger partial charge in [0.25, 0.3) is 0 Å². The van der Waals surface area contributed by atoms with Crippen molar-refractivity contribution in [3.8, 4) is 22.8 Å². The summed E-state index contributed by atoms with van der Waals surface area (Å²) in [5.41, 5.74) is 7.42. The van der Waals surface area contributed by atoms with E-state index >= 15 is 0 Å². The number of piperidine rings is 2. The normalized spacial score (nSPS) is 18.0. The maximum Gasteiger partial charge on any atom is 0.191 e. The van der Waals surface area contributed by atoms with Crippen LogP contribution in [0.15, 0.2) is 47.1 Å². The number of ether oxygens (including phenoxy) is 2. The van der Waals surface area contributed by atoms with E-state index in [4.69, 9.17) is 13.9 Å². The third-order valence-corrected chi connectivity index (χ3v) is 9.08. The van der Waals surface area contributed by atoms with Crippen molar-refractivity contribution in [2.45, 2.75) is 64.5 Å². The van der Waals surface area contributed by atoms with Gasteiger partial charge in [-0.2, -0.15) is 0 Å². The number of hydrogen-bond acceptors (Lipinski definition) is 6. The van der Waals surface area contributed by atoms with Crippen molar-refractivity contribution in [3.63, 3.8) is 0 Å². The predicted octanol–water partition coefficient (Wildman–Crippen LogP) is 6.55. The number of likely N-dealkylation sites (tertiary alicyclic amines) is 2. The van der Waals surface area contributed by atoms with Gasteiger partial charge in [-0.25, -0.2) is 4.98 Å². The lowest BCUT2D eigenvalue weighted by molar-refractivity contribution is 0.0841. The SMILES string of the molecule is CCc1c(-c2ccc(OC)c(OC)c2)[nH]c2ccc(C3CCN(C4CCN(Cc5coc(C)n5)CC4)CC3)cc12. The van der Waals surface area contributed by atoms with Gasteiger partial charge in [0.15, 0.2) is 17.4 Å². The number of hydrogen-bond donors (Lipinski definition) is 1. The minimum Gasteiger partial charge on any atom is -0.493 e. The number of aryl methyl sites for hydroxylation is 2. The van der Waals surface area contributed by atoms with Gasteiger partial charge >= 0.3 is 0 Å². The third-order valence-electron chi connectivity index (χ3n) is 9.08. The zero-order valence-corrected chi connectivity index (χ0v) is 24.3. The highest BCUT2D eigenvalue weighted by Gasteiger charge is 2.29. The molecule has 212 valence electrons. The van der Waals surface area contributed by atoms with Crippen LogP contribution in [0.5, 0.6) is 11.5 Å². The molecular weight excluding hydrogens is 500 g/mol. The van der Waals surface area contributed by atoms with E-state index in [1.54, 1.807) is 20.5 Å². The highest BCUT2D eigenvalue weighted by Crippen LogP contribution is 2.38. The van der Waals surface area contributed by atoms with Gasteiger partial charge in [-0.3, -0.25) is 4.90 Å². The monoisotopic (exact) mass is 542 g/mol. The molecule has 4 heterocycles. The van der Waals surface area contributed by atoms with Crippen molar-refractivity contribution in [1.82, 2.24) is 19.8 Å². The molecule has 0 aliphatic carbocycles. The second-order valence-electron chi connectivity index (χ2n) is 11.4. The van der Waals surface area contributed by atoms with Crippen molar-refractivity contribution in [2.75, 3.05) is 40.4 Å². The fourth-order valence-electron chi connectivity index (χ4n) is 6.88. The Hall–Kier alpha value is -3.29. The molecule has 0 unspecified atom stereocenters. The Bertz CT molecular complexity index is 1440. The number of H-pyrrole nitrogens is 1. The molecule has 0 amide bonds. The number of nitrogens with zero attached hydrogens (tertiary/aromatic N) is 3. The molecule has 7 heteroatoms. The van der Waals surface area contributed by atoms with Gasteiger partial charge in [0.1, 0.15) is 6.26 Å². The smallest absolute Gasteiger partial charge is 0.191 e. The van der Waals surface area contributed by atoms with Crippen LogP contribution < -0.4 is 9.47 Å². The summed E-state index contributed by atoms with van der Waals surface area (Å²) in [7, 11) is 3.37. The molecule has 7 nitrogen and oxygen atoms in total. The van der Waals surface area contributed by atoms with Crippen molar-refractivity contribution in [1.29, 1.82) is 0 Å². The molecule has 2 aliphatic heterocycles. The number of methoxy groups -OCH3 is 2. The van der Waals surface area contributed by atoms with E-state index in [1.165, 1.54) is 66.5 Å². The van der Waals surface area contributed by atoms with E-state index in [2.05, 4.69) is 57.0 Å². The number of aromatic nitrogens is 2. The Morgan fingerprint density at radius 3 is 2.40 bits per heavy atom. The number of rotatable bonds is 8. The van der Waals surface area contributed by atoms with Gasteiger partial charge in [-0.15, -0.1) is 0 Å². The topological polar surface area (TPSA) is 66.8 Å². The number of fused-ring (bicyclic) bond motifs is 1. The summed E-state index contributed by atoms with van der Waals surface area (Å²) in [6.07, 6.45) is 7.74. The summed E-state index contributed by atoms with van der Waals surface area (Å²) in [5.74, 6) is 2.89. The summed E-state index contributed by atoms with van der Waals surface area (Å²) < 4.78 is 16.4. The molecule has 2 fully saturated rings. The molecule has 40 heavy (non-hydrogen) atoms. The average molecular weight is 543 g/mol. The van der Waals surface area contributed by atoms with E-state index in [9.17, 15) is 0 Å². The van der Waals surface area contributed by atoms with Crippen LogP contribution in [0.4, 0.5) is 0 Å². The van der Waals surface area contributed by atoms with Crippen LogP contribution in [-0.2, 0) is 13.0 Å². The fourth-order valence-corrected chi connectivity index (χ4v) is 6.88. The van der Waals surface area contributed by atoms with E-state index < -0.39 is 0 Å². The van der Waals surface area contributed by atoms with E-state index in [0.717, 1.165) is 54.7 Å². The fraction of sp³-hybridized carbons (Fsp3) is 0.485. The Labute approximate surface area is 237 Å². The van der Waals surface area contributed by atoms with Crippen LogP contribution >= 0.6 is 0 Å². The predicted molar refractivity (Wildman–Crippen MR) is 159 cm³/mol. The Morgan fingerprint density at radius 1 is 0.950 bits per heavy atom. The summed E-state index contributed by atoms with van der Waals surface area (Å²) in [6, 6.07) is 14.0. The van der Waals surface area contributed by atoms with E-state index in [0.29, 0.717) is 12.0 Å². The lowest BCUT2D eigenvalue weighted by Crippen LogP contribution is -2.47. The lowest BCUT2D eigenvalue weighted by atomic mass is 9.87. The number of benzene rings is 2. The second-order valence-corrected chi connectivity index (χ2v) is 11.4. The third kappa shape index (κ3) is 5.37.